The molecular formula is C18H25N3O2S2. The van der Waals surface area contributed by atoms with Gasteiger partial charge in [-0.3, -0.25) is 9.59 Å². The van der Waals surface area contributed by atoms with Crippen molar-refractivity contribution in [1.29, 1.82) is 0 Å². The topological polar surface area (TPSA) is 74.8 Å². The largest absolute Gasteiger partial charge is 0.353 e. The zero-order chi connectivity index (χ0) is 18.1. The molecule has 0 aliphatic heterocycles. The first-order chi connectivity index (χ1) is 11.8. The van der Waals surface area contributed by atoms with Gasteiger partial charge in [0.1, 0.15) is 4.83 Å². The first-order valence-electron chi connectivity index (χ1n) is 8.82. The van der Waals surface area contributed by atoms with Crippen LogP contribution in [0.4, 0.5) is 0 Å². The molecule has 1 aliphatic rings. The van der Waals surface area contributed by atoms with Gasteiger partial charge in [-0.05, 0) is 43.6 Å². The molecule has 2 aromatic heterocycles. The van der Waals surface area contributed by atoms with Crippen LogP contribution in [0, 0.1) is 11.8 Å². The lowest BCUT2D eigenvalue weighted by molar-refractivity contribution is -0.119. The number of aromatic nitrogens is 2. The summed E-state index contributed by atoms with van der Waals surface area (Å²) in [5.74, 6) is 1.28. The van der Waals surface area contributed by atoms with E-state index in [4.69, 9.17) is 0 Å². The van der Waals surface area contributed by atoms with Crippen molar-refractivity contribution in [2.75, 3.05) is 5.75 Å². The van der Waals surface area contributed by atoms with E-state index in [1.807, 2.05) is 6.92 Å². The summed E-state index contributed by atoms with van der Waals surface area (Å²) in [6.07, 6.45) is 3.13. The Hall–Kier alpha value is -1.34. The second kappa shape index (κ2) is 7.50. The highest BCUT2D eigenvalue weighted by Crippen LogP contribution is 2.36. The SMILES string of the molecule is CC(C)[C@@H](C)NC(=O)CSc1nc2sc3c(c2c(=O)[nH]1)CC[C@H](C)C3. The lowest BCUT2D eigenvalue weighted by atomic mass is 9.89. The quantitative estimate of drug-likeness (QED) is 0.617. The van der Waals surface area contributed by atoms with Crippen LogP contribution in [0.15, 0.2) is 9.95 Å². The smallest absolute Gasteiger partial charge is 0.260 e. The molecule has 136 valence electrons. The number of H-pyrrole nitrogens is 1. The predicted octanol–water partition coefficient (Wildman–Crippen LogP) is 3.36. The molecule has 1 aliphatic carbocycles. The minimum atomic E-state index is -0.0736. The molecule has 2 aromatic rings. The molecule has 0 bridgehead atoms. The van der Waals surface area contributed by atoms with Crippen LogP contribution in [0.5, 0.6) is 0 Å². The molecule has 0 aromatic carbocycles. The third kappa shape index (κ3) is 4.08. The van der Waals surface area contributed by atoms with Gasteiger partial charge in [0.2, 0.25) is 5.91 Å². The van der Waals surface area contributed by atoms with E-state index in [9.17, 15) is 9.59 Å². The van der Waals surface area contributed by atoms with Crippen molar-refractivity contribution in [3.63, 3.8) is 0 Å². The Labute approximate surface area is 156 Å². The maximum absolute atomic E-state index is 12.5. The fraction of sp³-hybridized carbons (Fsp3) is 0.611. The van der Waals surface area contributed by atoms with Gasteiger partial charge in [-0.1, -0.05) is 32.5 Å². The van der Waals surface area contributed by atoms with E-state index in [1.165, 1.54) is 22.2 Å². The van der Waals surface area contributed by atoms with Gasteiger partial charge in [0.05, 0.1) is 11.1 Å². The third-order valence-corrected chi connectivity index (χ3v) is 6.89. The Bertz CT molecular complexity index is 841. The Kier molecular flexibility index (Phi) is 5.53. The zero-order valence-electron chi connectivity index (χ0n) is 15.1. The molecular weight excluding hydrogens is 354 g/mol. The highest BCUT2D eigenvalue weighted by atomic mass is 32.2. The Morgan fingerprint density at radius 1 is 1.44 bits per heavy atom. The molecule has 1 amide bonds. The molecule has 0 saturated carbocycles. The van der Waals surface area contributed by atoms with E-state index in [0.717, 1.165) is 29.5 Å². The van der Waals surface area contributed by atoms with Crippen LogP contribution in [0.2, 0.25) is 0 Å². The van der Waals surface area contributed by atoms with E-state index in [2.05, 4.69) is 36.1 Å². The molecule has 0 saturated heterocycles. The summed E-state index contributed by atoms with van der Waals surface area (Å²) >= 11 is 2.92. The van der Waals surface area contributed by atoms with Gasteiger partial charge in [-0.15, -0.1) is 11.3 Å². The Morgan fingerprint density at radius 3 is 2.92 bits per heavy atom. The van der Waals surface area contributed by atoms with Gasteiger partial charge in [-0.25, -0.2) is 4.98 Å². The summed E-state index contributed by atoms with van der Waals surface area (Å²) in [5.41, 5.74) is 1.11. The number of nitrogens with zero attached hydrogens (tertiary/aromatic N) is 1. The van der Waals surface area contributed by atoms with Crippen LogP contribution in [-0.2, 0) is 17.6 Å². The van der Waals surface area contributed by atoms with Crippen molar-refractivity contribution < 1.29 is 4.79 Å². The number of fused-ring (bicyclic) bond motifs is 3. The van der Waals surface area contributed by atoms with E-state index in [0.29, 0.717) is 17.0 Å². The normalized spacial score (nSPS) is 18.4. The molecule has 25 heavy (non-hydrogen) atoms. The monoisotopic (exact) mass is 379 g/mol. The maximum Gasteiger partial charge on any atom is 0.260 e. The molecule has 0 spiro atoms. The number of carbonyl (C=O) groups is 1. The second-order valence-electron chi connectivity index (χ2n) is 7.29. The molecule has 2 heterocycles. The number of thioether (sulfide) groups is 1. The second-order valence-corrected chi connectivity index (χ2v) is 9.34. The fourth-order valence-electron chi connectivity index (χ4n) is 2.99. The van der Waals surface area contributed by atoms with Crippen molar-refractivity contribution in [1.82, 2.24) is 15.3 Å². The zero-order valence-corrected chi connectivity index (χ0v) is 16.8. The molecule has 0 fully saturated rings. The number of rotatable bonds is 5. The van der Waals surface area contributed by atoms with Crippen molar-refractivity contribution in [2.45, 2.75) is 58.2 Å². The van der Waals surface area contributed by atoms with Crippen molar-refractivity contribution >= 4 is 39.2 Å². The van der Waals surface area contributed by atoms with E-state index in [-0.39, 0.29) is 23.3 Å². The summed E-state index contributed by atoms with van der Waals surface area (Å²) in [6.45, 7) is 8.40. The number of hydrogen-bond donors (Lipinski definition) is 2. The van der Waals surface area contributed by atoms with Crippen LogP contribution in [0.3, 0.4) is 0 Å². The number of thiophene rings is 1. The van der Waals surface area contributed by atoms with E-state index in [1.54, 1.807) is 11.3 Å². The lowest BCUT2D eigenvalue weighted by Gasteiger charge is -2.17. The minimum absolute atomic E-state index is 0.0340. The number of amides is 1. The van der Waals surface area contributed by atoms with Gasteiger partial charge >= 0.3 is 0 Å². The Morgan fingerprint density at radius 2 is 2.20 bits per heavy atom. The van der Waals surface area contributed by atoms with Crippen molar-refractivity contribution in [2.24, 2.45) is 11.8 Å². The van der Waals surface area contributed by atoms with Crippen molar-refractivity contribution in [3.05, 3.63) is 20.8 Å². The van der Waals surface area contributed by atoms with Gasteiger partial charge in [0, 0.05) is 10.9 Å². The van der Waals surface area contributed by atoms with Crippen LogP contribution in [-0.4, -0.2) is 27.7 Å². The summed E-state index contributed by atoms with van der Waals surface area (Å²) in [4.78, 5) is 34.1. The molecule has 2 atom stereocenters. The third-order valence-electron chi connectivity index (χ3n) is 4.87. The lowest BCUT2D eigenvalue weighted by Crippen LogP contribution is -2.37. The average Bonchev–Trinajstić information content (AvgIpc) is 2.90. The molecule has 0 unspecified atom stereocenters. The number of aryl methyl sites for hydroxylation is 1. The van der Waals surface area contributed by atoms with Crippen LogP contribution in [0.1, 0.15) is 44.6 Å². The van der Waals surface area contributed by atoms with E-state index >= 15 is 0 Å². The molecule has 7 heteroatoms. The van der Waals surface area contributed by atoms with Crippen LogP contribution >= 0.6 is 23.1 Å². The summed E-state index contributed by atoms with van der Waals surface area (Å²) in [7, 11) is 0. The van der Waals surface area contributed by atoms with Crippen LogP contribution < -0.4 is 10.9 Å². The number of nitrogens with one attached hydrogen (secondary N) is 2. The molecule has 3 rings (SSSR count). The first kappa shape index (κ1) is 18.5. The predicted molar refractivity (Wildman–Crippen MR) is 105 cm³/mol. The first-order valence-corrected chi connectivity index (χ1v) is 10.6. The Balaban J connectivity index is 1.75. The van der Waals surface area contributed by atoms with Gasteiger partial charge in [0.15, 0.2) is 5.16 Å². The highest BCUT2D eigenvalue weighted by Gasteiger charge is 2.23. The van der Waals surface area contributed by atoms with E-state index < -0.39 is 0 Å². The summed E-state index contributed by atoms with van der Waals surface area (Å²) in [5, 5.41) is 4.25. The fourth-order valence-corrected chi connectivity index (χ4v) is 5.11. The van der Waals surface area contributed by atoms with Gasteiger partial charge in [0.25, 0.3) is 5.56 Å². The average molecular weight is 380 g/mol. The standard InChI is InChI=1S/C18H25N3O2S2/c1-9(2)11(4)19-14(22)8-24-18-20-16(23)15-12-6-5-10(3)7-13(12)25-17(15)21-18/h9-11H,5-8H2,1-4H3,(H,19,22)(H,20,21,23)/t10-,11+/m0/s1. The maximum atomic E-state index is 12.5. The number of carbonyl (C=O) groups excluding carboxylic acids is 1. The molecule has 2 N–H and O–H groups in total. The van der Waals surface area contributed by atoms with Crippen molar-refractivity contribution in [3.8, 4) is 0 Å². The van der Waals surface area contributed by atoms with Gasteiger partial charge < -0.3 is 10.3 Å². The number of aromatic amines is 1. The summed E-state index contributed by atoms with van der Waals surface area (Å²) < 4.78 is 0. The van der Waals surface area contributed by atoms with Gasteiger partial charge in [-0.2, -0.15) is 0 Å². The summed E-state index contributed by atoms with van der Waals surface area (Å²) in [6, 6.07) is 0.133. The molecule has 0 radical (unpaired) electrons. The number of hydrogen-bond acceptors (Lipinski definition) is 5. The van der Waals surface area contributed by atoms with Crippen LogP contribution in [0.25, 0.3) is 10.2 Å². The minimum Gasteiger partial charge on any atom is -0.353 e. The highest BCUT2D eigenvalue weighted by molar-refractivity contribution is 7.99. The molecule has 5 nitrogen and oxygen atoms in total.